The van der Waals surface area contributed by atoms with E-state index in [1.165, 1.54) is 25.6 Å². The van der Waals surface area contributed by atoms with E-state index >= 15 is 0 Å². The number of urea groups is 1. The molecule has 8 nitrogen and oxygen atoms in total. The Labute approximate surface area is 152 Å². The van der Waals surface area contributed by atoms with Crippen molar-refractivity contribution in [1.29, 1.82) is 0 Å². The number of nitrogens with one attached hydrogen (secondary N) is 2. The summed E-state index contributed by atoms with van der Waals surface area (Å²) in [4.78, 5) is 12.5. The zero-order valence-corrected chi connectivity index (χ0v) is 14.9. The highest BCUT2D eigenvalue weighted by Crippen LogP contribution is 2.39. The van der Waals surface area contributed by atoms with Gasteiger partial charge in [-0.2, -0.15) is 0 Å². The van der Waals surface area contributed by atoms with Crippen molar-refractivity contribution in [2.45, 2.75) is 57.1 Å². The van der Waals surface area contributed by atoms with Crippen LogP contribution in [0.2, 0.25) is 0 Å². The number of carbonyl (C=O) groups is 1. The Bertz CT molecular complexity index is 770. The first kappa shape index (κ1) is 17.0. The summed E-state index contributed by atoms with van der Waals surface area (Å²) in [6, 6.07) is 5.56. The molecule has 2 N–H and O–H groups in total. The van der Waals surface area contributed by atoms with Gasteiger partial charge in [-0.3, -0.25) is 0 Å². The fourth-order valence-corrected chi connectivity index (χ4v) is 3.99. The van der Waals surface area contributed by atoms with E-state index in [-0.39, 0.29) is 17.7 Å². The minimum atomic E-state index is -0.205. The van der Waals surface area contributed by atoms with E-state index in [0.717, 1.165) is 36.2 Å². The third-order valence-corrected chi connectivity index (χ3v) is 5.39. The first-order chi connectivity index (χ1) is 12.6. The molecule has 0 unspecified atom stereocenters. The van der Waals surface area contributed by atoms with Gasteiger partial charge in [-0.05, 0) is 54.3 Å². The van der Waals surface area contributed by atoms with Crippen molar-refractivity contribution < 1.29 is 9.53 Å². The Kier molecular flexibility index (Phi) is 4.58. The average Bonchev–Trinajstić information content (AvgIpc) is 3.29. The summed E-state index contributed by atoms with van der Waals surface area (Å²) in [6.45, 7) is 2.55. The van der Waals surface area contributed by atoms with Gasteiger partial charge in [0.25, 0.3) is 0 Å². The molecular formula is C18H24N6O2. The lowest BCUT2D eigenvalue weighted by Crippen LogP contribution is -2.39. The summed E-state index contributed by atoms with van der Waals surface area (Å²) in [5.41, 5.74) is 2.50. The first-order valence-corrected chi connectivity index (χ1v) is 9.19. The highest BCUT2D eigenvalue weighted by atomic mass is 16.5. The van der Waals surface area contributed by atoms with Crippen LogP contribution in [0.25, 0.3) is 5.69 Å². The molecule has 0 radical (unpaired) electrons. The third kappa shape index (κ3) is 3.55. The van der Waals surface area contributed by atoms with Crippen LogP contribution >= 0.6 is 0 Å². The number of ether oxygens (including phenoxy) is 1. The van der Waals surface area contributed by atoms with Crippen LogP contribution in [-0.2, 0) is 4.74 Å². The maximum atomic E-state index is 12.5. The number of hydrogen-bond donors (Lipinski definition) is 2. The van der Waals surface area contributed by atoms with Crippen molar-refractivity contribution in [3.05, 3.63) is 30.1 Å². The number of aromatic nitrogens is 4. The lowest BCUT2D eigenvalue weighted by Gasteiger charge is -2.32. The van der Waals surface area contributed by atoms with E-state index in [1.807, 2.05) is 25.1 Å². The zero-order chi connectivity index (χ0) is 18.0. The molecule has 2 heterocycles. The van der Waals surface area contributed by atoms with E-state index in [4.69, 9.17) is 4.74 Å². The average molecular weight is 356 g/mol. The fourth-order valence-electron chi connectivity index (χ4n) is 3.99. The van der Waals surface area contributed by atoms with Crippen LogP contribution in [0, 0.1) is 6.92 Å². The van der Waals surface area contributed by atoms with E-state index in [9.17, 15) is 4.79 Å². The van der Waals surface area contributed by atoms with E-state index in [2.05, 4.69) is 26.2 Å². The van der Waals surface area contributed by atoms with Crippen molar-refractivity contribution in [3.63, 3.8) is 0 Å². The van der Waals surface area contributed by atoms with Crippen LogP contribution in [0.5, 0.6) is 0 Å². The molecule has 1 spiro atoms. The second kappa shape index (κ2) is 7.03. The first-order valence-electron chi connectivity index (χ1n) is 9.19. The van der Waals surface area contributed by atoms with Crippen LogP contribution in [-0.4, -0.2) is 44.5 Å². The van der Waals surface area contributed by atoms with Gasteiger partial charge >= 0.3 is 6.03 Å². The zero-order valence-electron chi connectivity index (χ0n) is 14.9. The van der Waals surface area contributed by atoms with Crippen molar-refractivity contribution >= 4 is 11.7 Å². The molecular weight excluding hydrogens is 332 g/mol. The number of tetrazole rings is 1. The van der Waals surface area contributed by atoms with Gasteiger partial charge in [-0.25, -0.2) is 9.48 Å². The molecule has 1 aromatic heterocycles. The van der Waals surface area contributed by atoms with Gasteiger partial charge in [0.05, 0.1) is 23.9 Å². The maximum absolute atomic E-state index is 12.5. The Balaban J connectivity index is 1.38. The van der Waals surface area contributed by atoms with Gasteiger partial charge in [-0.15, -0.1) is 5.10 Å². The number of carbonyl (C=O) groups excluding carboxylic acids is 1. The number of amides is 2. The number of rotatable bonds is 3. The van der Waals surface area contributed by atoms with Gasteiger partial charge in [0.15, 0.2) is 0 Å². The monoisotopic (exact) mass is 356 g/mol. The number of nitrogens with zero attached hydrogens (tertiary/aromatic N) is 4. The molecule has 138 valence electrons. The second-order valence-corrected chi connectivity index (χ2v) is 7.31. The lowest BCUT2D eigenvalue weighted by molar-refractivity contribution is -0.0245. The van der Waals surface area contributed by atoms with Crippen LogP contribution < -0.4 is 10.6 Å². The van der Waals surface area contributed by atoms with Crippen LogP contribution in [0.1, 0.15) is 44.1 Å². The van der Waals surface area contributed by atoms with Crippen molar-refractivity contribution in [1.82, 2.24) is 25.5 Å². The predicted octanol–water partition coefficient (Wildman–Crippen LogP) is 2.58. The molecule has 4 rings (SSSR count). The molecule has 2 amide bonds. The molecule has 2 fully saturated rings. The summed E-state index contributed by atoms with van der Waals surface area (Å²) in [6.07, 6.45) is 8.39. The Morgan fingerprint density at radius 2 is 2.15 bits per heavy atom. The lowest BCUT2D eigenvalue weighted by atomic mass is 9.82. The standard InChI is InChI=1S/C18H24N6O2/c1-13-5-6-15(24-12-19-22-23-24)9-16(13)21-17(25)20-14-10-18(26-11-14)7-3-2-4-8-18/h5-6,9,12,14H,2-4,7-8,10-11H2,1H3,(H2,20,21,25)/t14-/m0/s1. The maximum Gasteiger partial charge on any atom is 0.319 e. The van der Waals surface area contributed by atoms with Gasteiger partial charge in [0.2, 0.25) is 0 Å². The highest BCUT2D eigenvalue weighted by Gasteiger charge is 2.41. The Morgan fingerprint density at radius 1 is 1.31 bits per heavy atom. The topological polar surface area (TPSA) is 94.0 Å². The summed E-state index contributed by atoms with van der Waals surface area (Å²) >= 11 is 0. The molecule has 1 aromatic carbocycles. The summed E-state index contributed by atoms with van der Waals surface area (Å²) in [5.74, 6) is 0. The molecule has 1 aliphatic heterocycles. The number of aryl methyl sites for hydroxylation is 1. The normalized spacial score (nSPS) is 21.7. The van der Waals surface area contributed by atoms with Crippen molar-refractivity contribution in [2.75, 3.05) is 11.9 Å². The fraction of sp³-hybridized carbons (Fsp3) is 0.556. The number of anilines is 1. The molecule has 26 heavy (non-hydrogen) atoms. The van der Waals surface area contributed by atoms with Crippen molar-refractivity contribution in [2.24, 2.45) is 0 Å². The number of benzene rings is 1. The summed E-state index contributed by atoms with van der Waals surface area (Å²) < 4.78 is 7.62. The van der Waals surface area contributed by atoms with Crippen LogP contribution in [0.3, 0.4) is 0 Å². The van der Waals surface area contributed by atoms with Gasteiger partial charge in [-0.1, -0.05) is 25.3 Å². The smallest absolute Gasteiger partial charge is 0.319 e. The molecule has 8 heteroatoms. The van der Waals surface area contributed by atoms with Crippen LogP contribution in [0.15, 0.2) is 24.5 Å². The second-order valence-electron chi connectivity index (χ2n) is 7.31. The van der Waals surface area contributed by atoms with E-state index in [0.29, 0.717) is 6.61 Å². The van der Waals surface area contributed by atoms with Crippen LogP contribution in [0.4, 0.5) is 10.5 Å². The third-order valence-electron chi connectivity index (χ3n) is 5.39. The summed E-state index contributed by atoms with van der Waals surface area (Å²) in [5, 5.41) is 17.2. The summed E-state index contributed by atoms with van der Waals surface area (Å²) in [7, 11) is 0. The Morgan fingerprint density at radius 3 is 2.92 bits per heavy atom. The van der Waals surface area contributed by atoms with E-state index < -0.39 is 0 Å². The largest absolute Gasteiger partial charge is 0.373 e. The Hall–Kier alpha value is -2.48. The quantitative estimate of drug-likeness (QED) is 0.881. The van der Waals surface area contributed by atoms with Crippen molar-refractivity contribution in [3.8, 4) is 5.69 Å². The SMILES string of the molecule is Cc1ccc(-n2cnnn2)cc1NC(=O)N[C@@H]1COC2(CCCCC2)C1. The minimum Gasteiger partial charge on any atom is -0.373 e. The molecule has 1 aliphatic carbocycles. The van der Waals surface area contributed by atoms with E-state index in [1.54, 1.807) is 4.68 Å². The minimum absolute atomic E-state index is 0.00782. The predicted molar refractivity (Wildman–Crippen MR) is 96.2 cm³/mol. The molecule has 1 atom stereocenters. The molecule has 1 saturated carbocycles. The number of hydrogen-bond acceptors (Lipinski definition) is 5. The molecule has 2 aromatic rings. The molecule has 2 aliphatic rings. The molecule has 1 saturated heterocycles. The van der Waals surface area contributed by atoms with Gasteiger partial charge in [0.1, 0.15) is 6.33 Å². The van der Waals surface area contributed by atoms with Gasteiger partial charge < -0.3 is 15.4 Å². The highest BCUT2D eigenvalue weighted by molar-refractivity contribution is 5.90. The molecule has 0 bridgehead atoms. The van der Waals surface area contributed by atoms with Gasteiger partial charge in [0, 0.05) is 5.69 Å².